The van der Waals surface area contributed by atoms with Gasteiger partial charge in [0.25, 0.3) is 0 Å². The van der Waals surface area contributed by atoms with Gasteiger partial charge in [-0.2, -0.15) is 0 Å². The van der Waals surface area contributed by atoms with Gasteiger partial charge in [0.15, 0.2) is 0 Å². The average Bonchev–Trinajstić information content (AvgIpc) is 2.98. The summed E-state index contributed by atoms with van der Waals surface area (Å²) in [6, 6.07) is 6.78. The first-order chi connectivity index (χ1) is 12.3. The Morgan fingerprint density at radius 2 is 2.00 bits per heavy atom. The first-order valence-corrected chi connectivity index (χ1v) is 8.82. The molecule has 3 rings (SSSR count). The van der Waals surface area contributed by atoms with Crippen molar-refractivity contribution in [2.24, 2.45) is 0 Å². The van der Waals surface area contributed by atoms with Crippen molar-refractivity contribution in [2.75, 3.05) is 0 Å². The molecule has 26 heavy (non-hydrogen) atoms. The molecule has 2 N–H and O–H groups in total. The van der Waals surface area contributed by atoms with Crippen LogP contribution in [0.15, 0.2) is 30.5 Å². The van der Waals surface area contributed by atoms with E-state index in [9.17, 15) is 14.7 Å². The fraction of sp³-hybridized carbons (Fsp3) is 0.211. The fourth-order valence-electron chi connectivity index (χ4n) is 2.98. The number of pyridine rings is 1. The third kappa shape index (κ3) is 3.08. The molecule has 7 heteroatoms. The van der Waals surface area contributed by atoms with E-state index < -0.39 is 17.7 Å². The molecule has 0 saturated heterocycles. The van der Waals surface area contributed by atoms with Gasteiger partial charge in [0, 0.05) is 27.7 Å². The number of nitrogens with one attached hydrogen (secondary N) is 1. The number of carbonyl (C=O) groups excluding carboxylic acids is 1. The number of fused-ring (bicyclic) bond motifs is 1. The Kier molecular flexibility index (Phi) is 5.03. The predicted octanol–water partition coefficient (Wildman–Crippen LogP) is 4.85. The van der Waals surface area contributed by atoms with E-state index in [1.54, 1.807) is 24.3 Å². The quantitative estimate of drug-likeness (QED) is 0.609. The van der Waals surface area contributed by atoms with E-state index in [1.165, 1.54) is 13.1 Å². The van der Waals surface area contributed by atoms with E-state index in [0.29, 0.717) is 27.9 Å². The number of aryl methyl sites for hydroxylation is 1. The van der Waals surface area contributed by atoms with Crippen molar-refractivity contribution >= 4 is 45.9 Å². The Labute approximate surface area is 160 Å². The van der Waals surface area contributed by atoms with Gasteiger partial charge in [-0.1, -0.05) is 36.2 Å². The van der Waals surface area contributed by atoms with Crippen LogP contribution in [0.3, 0.4) is 0 Å². The van der Waals surface area contributed by atoms with Crippen LogP contribution in [-0.2, 0) is 11.2 Å². The van der Waals surface area contributed by atoms with Crippen LogP contribution in [0, 0.1) is 0 Å². The summed E-state index contributed by atoms with van der Waals surface area (Å²) < 4.78 is 0. The van der Waals surface area contributed by atoms with Gasteiger partial charge in [0.05, 0.1) is 16.6 Å². The predicted molar refractivity (Wildman–Crippen MR) is 101 cm³/mol. The second kappa shape index (κ2) is 7.09. The molecule has 2 heterocycles. The molecule has 3 aromatic rings. The normalized spacial score (nSPS) is 12.3. The van der Waals surface area contributed by atoms with Crippen molar-refractivity contribution in [3.8, 4) is 0 Å². The Morgan fingerprint density at radius 1 is 1.27 bits per heavy atom. The lowest BCUT2D eigenvalue weighted by molar-refractivity contribution is -0.138. The van der Waals surface area contributed by atoms with Crippen LogP contribution >= 0.6 is 23.2 Å². The summed E-state index contributed by atoms with van der Waals surface area (Å²) in [5.74, 6) is -2.37. The number of halogens is 2. The third-order valence-electron chi connectivity index (χ3n) is 4.40. The maximum atomic E-state index is 13.1. The van der Waals surface area contributed by atoms with E-state index >= 15 is 0 Å². The number of carbonyl (C=O) groups is 2. The molecule has 0 amide bonds. The van der Waals surface area contributed by atoms with Crippen LogP contribution < -0.4 is 0 Å². The maximum Gasteiger partial charge on any atom is 0.310 e. The van der Waals surface area contributed by atoms with Gasteiger partial charge in [0.2, 0.25) is 5.78 Å². The van der Waals surface area contributed by atoms with Crippen molar-refractivity contribution in [3.05, 3.63) is 63.0 Å². The Morgan fingerprint density at radius 3 is 2.65 bits per heavy atom. The Balaban J connectivity index is 2.25. The number of H-pyrrole nitrogens is 1. The number of rotatable bonds is 5. The Hall–Kier alpha value is -2.37. The molecule has 1 aromatic carbocycles. The standard InChI is InChI=1S/C19H16Cl2N2O3/c1-3-10-6-7-22-17(15(10)21)18(24)16-14(9(2)19(25)26)12-5-4-11(20)8-13(12)23-16/h4-9,23H,3H2,1-2H3,(H,25,26). The zero-order chi connectivity index (χ0) is 19.0. The lowest BCUT2D eigenvalue weighted by Crippen LogP contribution is -2.14. The van der Waals surface area contributed by atoms with Crippen molar-refractivity contribution in [1.82, 2.24) is 9.97 Å². The lowest BCUT2D eigenvalue weighted by atomic mass is 9.95. The summed E-state index contributed by atoms with van der Waals surface area (Å²) in [6.07, 6.45) is 2.18. The SMILES string of the molecule is CCc1ccnc(C(=O)c2[nH]c3cc(Cl)ccc3c2C(C)C(=O)O)c1Cl. The number of carboxylic acids is 1. The minimum atomic E-state index is -1.03. The van der Waals surface area contributed by atoms with Crippen LogP contribution in [0.5, 0.6) is 0 Å². The molecule has 1 atom stereocenters. The molecule has 0 radical (unpaired) electrons. The number of hydrogen-bond donors (Lipinski definition) is 2. The van der Waals surface area contributed by atoms with Crippen LogP contribution in [0.1, 0.15) is 47.1 Å². The number of nitrogens with zero attached hydrogens (tertiary/aromatic N) is 1. The highest BCUT2D eigenvalue weighted by Gasteiger charge is 2.28. The second-order valence-corrected chi connectivity index (χ2v) is 6.79. The number of benzene rings is 1. The van der Waals surface area contributed by atoms with Crippen LogP contribution in [0.25, 0.3) is 10.9 Å². The number of hydrogen-bond acceptors (Lipinski definition) is 3. The molecule has 1 unspecified atom stereocenters. The Bertz CT molecular complexity index is 1030. The van der Waals surface area contributed by atoms with Crippen molar-refractivity contribution in [1.29, 1.82) is 0 Å². The molecule has 0 aliphatic rings. The summed E-state index contributed by atoms with van der Waals surface area (Å²) in [4.78, 5) is 31.9. The second-order valence-electron chi connectivity index (χ2n) is 5.98. The fourth-order valence-corrected chi connectivity index (χ4v) is 3.48. The first-order valence-electron chi connectivity index (χ1n) is 8.07. The van der Waals surface area contributed by atoms with Gasteiger partial charge in [-0.05, 0) is 37.1 Å². The van der Waals surface area contributed by atoms with Crippen LogP contribution in [0.2, 0.25) is 10.0 Å². The largest absolute Gasteiger partial charge is 0.481 e. The summed E-state index contributed by atoms with van der Waals surface area (Å²) >= 11 is 12.4. The monoisotopic (exact) mass is 390 g/mol. The van der Waals surface area contributed by atoms with Crippen LogP contribution in [-0.4, -0.2) is 26.8 Å². The number of aromatic nitrogens is 2. The van der Waals surface area contributed by atoms with E-state index in [-0.39, 0.29) is 16.4 Å². The van der Waals surface area contributed by atoms with Crippen molar-refractivity contribution < 1.29 is 14.7 Å². The molecule has 0 saturated carbocycles. The van der Waals surface area contributed by atoms with Crippen molar-refractivity contribution in [2.45, 2.75) is 26.2 Å². The molecule has 5 nitrogen and oxygen atoms in total. The zero-order valence-electron chi connectivity index (χ0n) is 14.1. The highest BCUT2D eigenvalue weighted by atomic mass is 35.5. The number of carboxylic acid groups (broad SMARTS) is 1. The zero-order valence-corrected chi connectivity index (χ0v) is 15.6. The van der Waals surface area contributed by atoms with Crippen molar-refractivity contribution in [3.63, 3.8) is 0 Å². The molecule has 0 spiro atoms. The highest BCUT2D eigenvalue weighted by molar-refractivity contribution is 6.35. The van der Waals surface area contributed by atoms with E-state index in [4.69, 9.17) is 23.2 Å². The third-order valence-corrected chi connectivity index (χ3v) is 5.05. The summed E-state index contributed by atoms with van der Waals surface area (Å²) in [6.45, 7) is 3.46. The molecule has 0 bridgehead atoms. The molecule has 134 valence electrons. The molecule has 2 aromatic heterocycles. The first kappa shape index (κ1) is 18.4. The summed E-state index contributed by atoms with van der Waals surface area (Å²) in [5, 5.41) is 10.9. The maximum absolute atomic E-state index is 13.1. The van der Waals surface area contributed by atoms with Gasteiger partial charge in [-0.25, -0.2) is 0 Å². The van der Waals surface area contributed by atoms with Gasteiger partial charge < -0.3 is 10.1 Å². The van der Waals surface area contributed by atoms with E-state index in [1.807, 2.05) is 6.92 Å². The minimum absolute atomic E-state index is 0.0995. The molecule has 0 aliphatic carbocycles. The van der Waals surface area contributed by atoms with Gasteiger partial charge in [0.1, 0.15) is 5.69 Å². The smallest absolute Gasteiger partial charge is 0.310 e. The molecular formula is C19H16Cl2N2O3. The molecule has 0 fully saturated rings. The number of aliphatic carboxylic acids is 1. The van der Waals surface area contributed by atoms with Gasteiger partial charge >= 0.3 is 5.97 Å². The lowest BCUT2D eigenvalue weighted by Gasteiger charge is -2.10. The van der Waals surface area contributed by atoms with Gasteiger partial charge in [-0.15, -0.1) is 0 Å². The van der Waals surface area contributed by atoms with E-state index in [2.05, 4.69) is 9.97 Å². The summed E-state index contributed by atoms with van der Waals surface area (Å²) in [5.41, 5.74) is 2.06. The molecular weight excluding hydrogens is 375 g/mol. The number of ketones is 1. The highest BCUT2D eigenvalue weighted by Crippen LogP contribution is 2.33. The summed E-state index contributed by atoms with van der Waals surface area (Å²) in [7, 11) is 0. The number of aromatic amines is 1. The van der Waals surface area contributed by atoms with Gasteiger partial charge in [-0.3, -0.25) is 14.6 Å². The average molecular weight is 391 g/mol. The molecule has 0 aliphatic heterocycles. The van der Waals surface area contributed by atoms with Crippen LogP contribution in [0.4, 0.5) is 0 Å². The topological polar surface area (TPSA) is 83.0 Å². The minimum Gasteiger partial charge on any atom is -0.481 e. The van der Waals surface area contributed by atoms with E-state index in [0.717, 1.165) is 5.56 Å².